The first kappa shape index (κ1) is 12.8. The standard InChI is InChI=1S/C10H14N2O3S2/c1-16-3-2-5(11)9-8(10(14)15)12-6(13)4-7(12)17-9/h5,7H,2-4,11H2,1H3,(H,14,15)/t5?,7-/m1/s1. The first-order valence-electron chi connectivity index (χ1n) is 5.27. The average Bonchev–Trinajstić information content (AvgIpc) is 2.59. The third-order valence-corrected chi connectivity index (χ3v) is 4.86. The number of hydrogen-bond acceptors (Lipinski definition) is 5. The van der Waals surface area contributed by atoms with E-state index in [1.54, 1.807) is 11.8 Å². The van der Waals surface area contributed by atoms with Crippen LogP contribution in [0.5, 0.6) is 0 Å². The second-order valence-electron chi connectivity index (χ2n) is 3.95. The van der Waals surface area contributed by atoms with Crippen LogP contribution in [0.25, 0.3) is 0 Å². The second-order valence-corrected chi connectivity index (χ2v) is 6.15. The van der Waals surface area contributed by atoms with Crippen LogP contribution >= 0.6 is 23.5 Å². The molecule has 0 radical (unpaired) electrons. The highest BCUT2D eigenvalue weighted by Gasteiger charge is 2.49. The second kappa shape index (κ2) is 4.91. The maximum atomic E-state index is 11.4. The van der Waals surface area contributed by atoms with Gasteiger partial charge in [-0.15, -0.1) is 11.8 Å². The Hall–Kier alpha value is -0.660. The molecule has 7 heteroatoms. The molecule has 2 aliphatic heterocycles. The van der Waals surface area contributed by atoms with Gasteiger partial charge in [-0.05, 0) is 18.4 Å². The molecule has 1 amide bonds. The molecule has 0 saturated carbocycles. The largest absolute Gasteiger partial charge is 0.477 e. The number of aliphatic carboxylic acids is 1. The number of carboxylic acid groups (broad SMARTS) is 1. The fourth-order valence-corrected chi connectivity index (χ4v) is 3.85. The van der Waals surface area contributed by atoms with Crippen molar-refractivity contribution in [2.45, 2.75) is 24.3 Å². The van der Waals surface area contributed by atoms with Crippen molar-refractivity contribution >= 4 is 35.4 Å². The van der Waals surface area contributed by atoms with E-state index >= 15 is 0 Å². The van der Waals surface area contributed by atoms with Crippen LogP contribution in [-0.4, -0.2) is 45.3 Å². The van der Waals surface area contributed by atoms with Gasteiger partial charge < -0.3 is 10.8 Å². The molecule has 17 heavy (non-hydrogen) atoms. The zero-order chi connectivity index (χ0) is 12.6. The normalized spacial score (nSPS) is 24.7. The first-order chi connectivity index (χ1) is 8.06. The van der Waals surface area contributed by atoms with E-state index in [1.807, 2.05) is 6.26 Å². The minimum absolute atomic E-state index is 0.0380. The summed E-state index contributed by atoms with van der Waals surface area (Å²) in [5.74, 6) is -0.286. The van der Waals surface area contributed by atoms with Crippen molar-refractivity contribution < 1.29 is 14.7 Å². The molecular formula is C10H14N2O3S2. The molecule has 0 spiro atoms. The van der Waals surface area contributed by atoms with Crippen LogP contribution in [0.3, 0.4) is 0 Å². The molecule has 0 aliphatic carbocycles. The Balaban J connectivity index is 2.19. The van der Waals surface area contributed by atoms with Gasteiger partial charge in [0.2, 0.25) is 5.91 Å². The van der Waals surface area contributed by atoms with Crippen molar-refractivity contribution in [2.75, 3.05) is 12.0 Å². The summed E-state index contributed by atoms with van der Waals surface area (Å²) in [6.45, 7) is 0. The highest BCUT2D eigenvalue weighted by atomic mass is 32.2. The SMILES string of the molecule is CSCCC(N)C1=C(C(=O)O)N2C(=O)C[C@H]2S1. The predicted molar refractivity (Wildman–Crippen MR) is 68.5 cm³/mol. The Morgan fingerprint density at radius 2 is 2.47 bits per heavy atom. The van der Waals surface area contributed by atoms with Gasteiger partial charge in [-0.3, -0.25) is 9.69 Å². The number of hydrogen-bond donors (Lipinski definition) is 2. The average molecular weight is 274 g/mol. The van der Waals surface area contributed by atoms with Crippen LogP contribution in [0, 0.1) is 0 Å². The van der Waals surface area contributed by atoms with Crippen molar-refractivity contribution in [3.05, 3.63) is 10.6 Å². The number of carbonyl (C=O) groups excluding carboxylic acids is 1. The van der Waals surface area contributed by atoms with E-state index in [0.717, 1.165) is 12.2 Å². The Kier molecular flexibility index (Phi) is 3.70. The van der Waals surface area contributed by atoms with Gasteiger partial charge in [0.05, 0.1) is 11.8 Å². The van der Waals surface area contributed by atoms with Gasteiger partial charge in [0, 0.05) is 10.9 Å². The molecule has 2 rings (SSSR count). The summed E-state index contributed by atoms with van der Waals surface area (Å²) in [5, 5.41) is 9.13. The number of rotatable bonds is 5. The zero-order valence-corrected chi connectivity index (χ0v) is 11.0. The topological polar surface area (TPSA) is 83.6 Å². The molecule has 1 saturated heterocycles. The lowest BCUT2D eigenvalue weighted by Crippen LogP contribution is -2.48. The molecule has 2 heterocycles. The molecule has 1 fully saturated rings. The molecule has 5 nitrogen and oxygen atoms in total. The van der Waals surface area contributed by atoms with Crippen molar-refractivity contribution in [3.63, 3.8) is 0 Å². The van der Waals surface area contributed by atoms with Crippen molar-refractivity contribution in [1.82, 2.24) is 4.90 Å². The Labute approximate surface area is 108 Å². The van der Waals surface area contributed by atoms with Gasteiger partial charge in [0.1, 0.15) is 5.70 Å². The zero-order valence-electron chi connectivity index (χ0n) is 9.38. The summed E-state index contributed by atoms with van der Waals surface area (Å²) in [5.41, 5.74) is 6.10. The number of nitrogens with zero attached hydrogens (tertiary/aromatic N) is 1. The molecule has 3 N–H and O–H groups in total. The molecule has 0 aromatic carbocycles. The molecule has 2 atom stereocenters. The van der Waals surface area contributed by atoms with Crippen molar-refractivity contribution in [3.8, 4) is 0 Å². The van der Waals surface area contributed by atoms with E-state index in [1.165, 1.54) is 16.7 Å². The minimum atomic E-state index is -1.05. The fourth-order valence-electron chi connectivity index (χ4n) is 1.92. The van der Waals surface area contributed by atoms with Crippen LogP contribution in [0.1, 0.15) is 12.8 Å². The fraction of sp³-hybridized carbons (Fsp3) is 0.600. The van der Waals surface area contributed by atoms with Crippen molar-refractivity contribution in [2.24, 2.45) is 5.73 Å². The number of nitrogens with two attached hydrogens (primary N) is 1. The van der Waals surface area contributed by atoms with E-state index in [4.69, 9.17) is 5.73 Å². The monoisotopic (exact) mass is 274 g/mol. The molecule has 0 bridgehead atoms. The first-order valence-corrected chi connectivity index (χ1v) is 7.54. The highest BCUT2D eigenvalue weighted by molar-refractivity contribution is 8.04. The Bertz CT molecular complexity index is 397. The van der Waals surface area contributed by atoms with Gasteiger partial charge in [0.15, 0.2) is 0 Å². The van der Waals surface area contributed by atoms with Crippen LogP contribution in [0.2, 0.25) is 0 Å². The summed E-state index contributed by atoms with van der Waals surface area (Å²) in [6.07, 6.45) is 3.13. The number of amides is 1. The maximum Gasteiger partial charge on any atom is 0.353 e. The predicted octanol–water partition coefficient (Wildman–Crippen LogP) is 0.668. The number of β-lactam (4-membered cyclic amide) rings is 1. The van der Waals surface area contributed by atoms with E-state index in [-0.39, 0.29) is 23.0 Å². The lowest BCUT2D eigenvalue weighted by Gasteiger charge is -2.33. The summed E-state index contributed by atoms with van der Waals surface area (Å²) >= 11 is 3.11. The third kappa shape index (κ3) is 2.19. The van der Waals surface area contributed by atoms with Crippen molar-refractivity contribution in [1.29, 1.82) is 0 Å². The quantitative estimate of drug-likeness (QED) is 0.717. The van der Waals surface area contributed by atoms with Gasteiger partial charge in [-0.1, -0.05) is 0 Å². The Morgan fingerprint density at radius 1 is 1.76 bits per heavy atom. The van der Waals surface area contributed by atoms with Gasteiger partial charge in [0.25, 0.3) is 0 Å². The van der Waals surface area contributed by atoms with E-state index in [9.17, 15) is 14.7 Å². The highest BCUT2D eigenvalue weighted by Crippen LogP contribution is 2.47. The molecule has 0 aromatic rings. The number of thioether (sulfide) groups is 2. The van der Waals surface area contributed by atoms with Crippen LogP contribution in [-0.2, 0) is 9.59 Å². The number of fused-ring (bicyclic) bond motifs is 1. The molecule has 0 aromatic heterocycles. The summed E-state index contributed by atoms with van der Waals surface area (Å²) in [4.78, 5) is 24.6. The van der Waals surface area contributed by atoms with Crippen LogP contribution in [0.15, 0.2) is 10.6 Å². The number of carbonyl (C=O) groups is 2. The van der Waals surface area contributed by atoms with Gasteiger partial charge >= 0.3 is 5.97 Å². The maximum absolute atomic E-state index is 11.4. The van der Waals surface area contributed by atoms with Gasteiger partial charge in [-0.25, -0.2) is 4.79 Å². The molecule has 94 valence electrons. The van der Waals surface area contributed by atoms with E-state index in [2.05, 4.69) is 0 Å². The third-order valence-electron chi connectivity index (χ3n) is 2.82. The smallest absolute Gasteiger partial charge is 0.353 e. The van der Waals surface area contributed by atoms with Crippen LogP contribution < -0.4 is 5.73 Å². The minimum Gasteiger partial charge on any atom is -0.477 e. The number of carboxylic acids is 1. The lowest BCUT2D eigenvalue weighted by atomic mass is 10.1. The van der Waals surface area contributed by atoms with Gasteiger partial charge in [-0.2, -0.15) is 11.8 Å². The van der Waals surface area contributed by atoms with Crippen LogP contribution in [0.4, 0.5) is 0 Å². The summed E-state index contributed by atoms with van der Waals surface area (Å²) in [6, 6.07) is -0.281. The van der Waals surface area contributed by atoms with E-state index in [0.29, 0.717) is 11.3 Å². The lowest BCUT2D eigenvalue weighted by molar-refractivity contribution is -0.145. The molecule has 1 unspecified atom stereocenters. The molecule has 2 aliphatic rings. The van der Waals surface area contributed by atoms with E-state index < -0.39 is 5.97 Å². The summed E-state index contributed by atoms with van der Waals surface area (Å²) < 4.78 is 0. The molecular weight excluding hydrogens is 260 g/mol. The Morgan fingerprint density at radius 3 is 3.00 bits per heavy atom. The summed E-state index contributed by atoms with van der Waals surface area (Å²) in [7, 11) is 0.